The van der Waals surface area contributed by atoms with E-state index >= 15 is 0 Å². The summed E-state index contributed by atoms with van der Waals surface area (Å²) in [5.74, 6) is -3.92. The van der Waals surface area contributed by atoms with Gasteiger partial charge in [0, 0.05) is 4.90 Å². The molecule has 0 atom stereocenters. The van der Waals surface area contributed by atoms with Gasteiger partial charge >= 0.3 is 15.6 Å². The zero-order valence-electron chi connectivity index (χ0n) is 8.04. The lowest BCUT2D eigenvalue weighted by molar-refractivity contribution is -0.0510. The molecular formula is C7H4F6O3S2. The van der Waals surface area contributed by atoms with Gasteiger partial charge in [0.2, 0.25) is 0 Å². The van der Waals surface area contributed by atoms with Crippen LogP contribution in [0.5, 0.6) is 0 Å². The van der Waals surface area contributed by atoms with Crippen molar-refractivity contribution in [3.05, 3.63) is 29.6 Å². The number of halogens is 6. The van der Waals surface area contributed by atoms with E-state index in [1.165, 1.54) is 0 Å². The van der Waals surface area contributed by atoms with Gasteiger partial charge in [-0.05, 0) is 12.1 Å². The van der Waals surface area contributed by atoms with E-state index in [1.54, 1.807) is 0 Å². The van der Waals surface area contributed by atoms with Gasteiger partial charge in [-0.1, -0.05) is 0 Å². The Balaban J connectivity index is 0.000000331. The third-order valence-electron chi connectivity index (χ3n) is 1.31. The largest absolute Gasteiger partial charge is 0.522 e. The van der Waals surface area contributed by atoms with Gasteiger partial charge in [0.15, 0.2) is 17.5 Å². The van der Waals surface area contributed by atoms with E-state index in [9.17, 15) is 26.3 Å². The van der Waals surface area contributed by atoms with E-state index in [2.05, 4.69) is 12.6 Å². The summed E-state index contributed by atoms with van der Waals surface area (Å²) in [7, 11) is -5.84. The molecule has 0 aliphatic rings. The molecule has 0 aliphatic heterocycles. The summed E-state index contributed by atoms with van der Waals surface area (Å²) in [5.41, 5.74) is -5.53. The van der Waals surface area contributed by atoms with E-state index in [1.807, 2.05) is 0 Å². The zero-order chi connectivity index (χ0) is 14.7. The minimum absolute atomic E-state index is 0.195. The third kappa shape index (κ3) is 4.74. The van der Waals surface area contributed by atoms with E-state index in [-0.39, 0.29) is 4.90 Å². The standard InChI is InChI=1S/C6H3F3S.CHF3O3S/c7-3-1-2-4(10)6(9)5(3)8;2-1(3,4)8(5,6)7/h1-2,10H;(H,5,6,7). The molecule has 0 saturated carbocycles. The fourth-order valence-electron chi connectivity index (χ4n) is 0.516. The molecule has 0 spiro atoms. The van der Waals surface area contributed by atoms with Crippen LogP contribution >= 0.6 is 12.6 Å². The van der Waals surface area contributed by atoms with E-state index < -0.39 is 33.1 Å². The van der Waals surface area contributed by atoms with Gasteiger partial charge in [0.25, 0.3) is 0 Å². The second kappa shape index (κ2) is 5.80. The molecule has 0 aliphatic carbocycles. The third-order valence-corrected chi connectivity index (χ3v) is 2.24. The number of hydrogen-bond donors (Lipinski definition) is 2. The van der Waals surface area contributed by atoms with Crippen molar-refractivity contribution in [1.82, 2.24) is 0 Å². The summed E-state index contributed by atoms with van der Waals surface area (Å²) < 4.78 is 94.1. The molecule has 0 fully saturated rings. The fraction of sp³-hybridized carbons (Fsp3) is 0.143. The molecule has 1 aromatic carbocycles. The first-order valence-electron chi connectivity index (χ1n) is 3.74. The smallest absolute Gasteiger partial charge is 0.279 e. The molecule has 1 aromatic rings. The average Bonchev–Trinajstić information content (AvgIpc) is 2.19. The highest BCUT2D eigenvalue weighted by Crippen LogP contribution is 2.20. The number of rotatable bonds is 0. The molecule has 0 heterocycles. The molecule has 1 N–H and O–H groups in total. The van der Waals surface area contributed by atoms with E-state index in [0.29, 0.717) is 0 Å². The van der Waals surface area contributed by atoms with Crippen molar-refractivity contribution < 1.29 is 39.3 Å². The maximum absolute atomic E-state index is 12.3. The summed E-state index contributed by atoms with van der Waals surface area (Å²) in [4.78, 5) is -0.195. The molecule has 11 heteroatoms. The van der Waals surface area contributed by atoms with Gasteiger partial charge in [-0.15, -0.1) is 12.6 Å². The highest BCUT2D eigenvalue weighted by molar-refractivity contribution is 7.86. The molecule has 0 unspecified atom stereocenters. The molecule has 0 radical (unpaired) electrons. The normalized spacial score (nSPS) is 11.8. The van der Waals surface area contributed by atoms with Crippen LogP contribution in [0.3, 0.4) is 0 Å². The Kier molecular flexibility index (Phi) is 5.50. The lowest BCUT2D eigenvalue weighted by atomic mass is 10.3. The van der Waals surface area contributed by atoms with Crippen LogP contribution in [0.1, 0.15) is 0 Å². The SMILES string of the molecule is Fc1ccc(S)c(F)c1F.O=S(=O)(O)C(F)(F)F. The highest BCUT2D eigenvalue weighted by atomic mass is 32.2. The quantitative estimate of drug-likeness (QED) is 0.254. The molecule has 104 valence electrons. The molecule has 3 nitrogen and oxygen atoms in total. The Bertz CT molecular complexity index is 498. The Hall–Kier alpha value is -0.940. The van der Waals surface area contributed by atoms with Crippen LogP contribution in [-0.4, -0.2) is 18.5 Å². The van der Waals surface area contributed by atoms with E-state index in [0.717, 1.165) is 12.1 Å². The highest BCUT2D eigenvalue weighted by Gasteiger charge is 2.44. The molecule has 0 saturated heterocycles. The van der Waals surface area contributed by atoms with Crippen molar-refractivity contribution in [2.45, 2.75) is 10.4 Å². The second-order valence-electron chi connectivity index (χ2n) is 2.62. The number of thiol groups is 1. The Morgan fingerprint density at radius 2 is 1.44 bits per heavy atom. The minimum Gasteiger partial charge on any atom is -0.279 e. The Morgan fingerprint density at radius 3 is 1.72 bits per heavy atom. The molecule has 0 amide bonds. The number of hydrogen-bond acceptors (Lipinski definition) is 3. The second-order valence-corrected chi connectivity index (χ2v) is 4.51. The van der Waals surface area contributed by atoms with Gasteiger partial charge in [-0.2, -0.15) is 21.6 Å². The van der Waals surface area contributed by atoms with Crippen LogP contribution in [0.2, 0.25) is 0 Å². The van der Waals surface area contributed by atoms with Crippen LogP contribution in [0.4, 0.5) is 26.3 Å². The molecular weight excluding hydrogens is 310 g/mol. The van der Waals surface area contributed by atoms with Gasteiger partial charge < -0.3 is 0 Å². The van der Waals surface area contributed by atoms with Crippen molar-refractivity contribution in [2.24, 2.45) is 0 Å². The summed E-state index contributed by atoms with van der Waals surface area (Å²) in [6.07, 6.45) is 0. The lowest BCUT2D eigenvalue weighted by Gasteiger charge is -1.97. The number of benzene rings is 1. The molecule has 0 bridgehead atoms. The van der Waals surface area contributed by atoms with Gasteiger partial charge in [-0.25, -0.2) is 13.2 Å². The summed E-state index contributed by atoms with van der Waals surface area (Å²) in [6.45, 7) is 0. The topological polar surface area (TPSA) is 54.4 Å². The predicted molar refractivity (Wildman–Crippen MR) is 51.2 cm³/mol. The van der Waals surface area contributed by atoms with Crippen LogP contribution in [0.25, 0.3) is 0 Å². The Labute approximate surface area is 103 Å². The maximum atomic E-state index is 12.3. The van der Waals surface area contributed by atoms with Gasteiger partial charge in [0.05, 0.1) is 0 Å². The fourth-order valence-corrected chi connectivity index (χ4v) is 0.688. The van der Waals surface area contributed by atoms with Crippen molar-refractivity contribution in [2.75, 3.05) is 0 Å². The van der Waals surface area contributed by atoms with Crippen molar-refractivity contribution >= 4 is 22.7 Å². The molecule has 1 rings (SSSR count). The van der Waals surface area contributed by atoms with Crippen molar-refractivity contribution in [1.29, 1.82) is 0 Å². The first kappa shape index (κ1) is 17.1. The first-order chi connectivity index (χ1) is 7.88. The van der Waals surface area contributed by atoms with Crippen LogP contribution in [0, 0.1) is 17.5 Å². The van der Waals surface area contributed by atoms with Crippen LogP contribution < -0.4 is 0 Å². The predicted octanol–water partition coefficient (Wildman–Crippen LogP) is 2.79. The van der Waals surface area contributed by atoms with Crippen LogP contribution in [-0.2, 0) is 10.1 Å². The van der Waals surface area contributed by atoms with Crippen molar-refractivity contribution in [3.63, 3.8) is 0 Å². The van der Waals surface area contributed by atoms with Gasteiger partial charge in [0.1, 0.15) is 0 Å². The average molecular weight is 314 g/mol. The minimum atomic E-state index is -5.84. The van der Waals surface area contributed by atoms with Gasteiger partial charge in [-0.3, -0.25) is 4.55 Å². The zero-order valence-corrected chi connectivity index (χ0v) is 9.75. The molecule has 18 heavy (non-hydrogen) atoms. The summed E-state index contributed by atoms with van der Waals surface area (Å²) in [5, 5.41) is 0. The Morgan fingerprint density at radius 1 is 1.06 bits per heavy atom. The van der Waals surface area contributed by atoms with Crippen LogP contribution in [0.15, 0.2) is 17.0 Å². The first-order valence-corrected chi connectivity index (χ1v) is 5.63. The monoisotopic (exact) mass is 314 g/mol. The number of alkyl halides is 3. The van der Waals surface area contributed by atoms with E-state index in [4.69, 9.17) is 13.0 Å². The molecule has 0 aromatic heterocycles. The lowest BCUT2D eigenvalue weighted by Crippen LogP contribution is -2.21. The summed E-state index contributed by atoms with van der Waals surface area (Å²) >= 11 is 3.53. The van der Waals surface area contributed by atoms with Crippen molar-refractivity contribution in [3.8, 4) is 0 Å². The summed E-state index contributed by atoms with van der Waals surface area (Å²) in [6, 6.07) is 1.87. The maximum Gasteiger partial charge on any atom is 0.522 e.